The molecule has 0 saturated heterocycles. The summed E-state index contributed by atoms with van der Waals surface area (Å²) in [7, 11) is 0. The van der Waals surface area contributed by atoms with Gasteiger partial charge >= 0.3 is 5.97 Å². The lowest BCUT2D eigenvalue weighted by Gasteiger charge is -2.26. The average Bonchev–Trinajstić information content (AvgIpc) is 3.01. The normalized spacial score (nSPS) is 19.4. The molecule has 2 aliphatic carbocycles. The summed E-state index contributed by atoms with van der Waals surface area (Å²) < 4.78 is 1.84. The Labute approximate surface area is 160 Å². The van der Waals surface area contributed by atoms with Crippen molar-refractivity contribution in [1.82, 2.24) is 9.55 Å². The van der Waals surface area contributed by atoms with Gasteiger partial charge in [-0.05, 0) is 51.0 Å². The van der Waals surface area contributed by atoms with Gasteiger partial charge < -0.3 is 5.11 Å². The first-order valence-electron chi connectivity index (χ1n) is 9.52. The highest BCUT2D eigenvalue weighted by Crippen LogP contribution is 2.37. The molecule has 2 aromatic rings. The topological polar surface area (TPSA) is 72.2 Å². The van der Waals surface area contributed by atoms with Gasteiger partial charge in [-0.1, -0.05) is 31.0 Å². The fourth-order valence-corrected chi connectivity index (χ4v) is 6.37. The molecular weight excluding hydrogens is 368 g/mol. The van der Waals surface area contributed by atoms with Crippen molar-refractivity contribution in [2.75, 3.05) is 0 Å². The summed E-state index contributed by atoms with van der Waals surface area (Å²) in [6, 6.07) is 0.149. The van der Waals surface area contributed by atoms with Gasteiger partial charge in [0.25, 0.3) is 5.56 Å². The van der Waals surface area contributed by atoms with Crippen molar-refractivity contribution in [2.45, 2.75) is 81.2 Å². The second-order valence-electron chi connectivity index (χ2n) is 7.35. The minimum atomic E-state index is -0.870. The monoisotopic (exact) mass is 392 g/mol. The molecule has 4 rings (SSSR count). The lowest BCUT2D eigenvalue weighted by atomic mass is 9.94. The third-order valence-corrected chi connectivity index (χ3v) is 7.80. The number of carboxylic acids is 1. The number of aromatic nitrogens is 2. The first-order valence-corrected chi connectivity index (χ1v) is 11.2. The van der Waals surface area contributed by atoms with Crippen LogP contribution >= 0.6 is 23.1 Å². The van der Waals surface area contributed by atoms with E-state index < -0.39 is 11.2 Å². The summed E-state index contributed by atoms with van der Waals surface area (Å²) in [6.07, 6.45) is 9.72. The number of thioether (sulfide) groups is 1. The summed E-state index contributed by atoms with van der Waals surface area (Å²) in [4.78, 5) is 31.8. The number of nitrogens with zero attached hydrogens (tertiary/aromatic N) is 2. The van der Waals surface area contributed by atoms with Crippen LogP contribution in [0, 0.1) is 0 Å². The summed E-state index contributed by atoms with van der Waals surface area (Å²) >= 11 is 2.84. The first-order chi connectivity index (χ1) is 12.6. The SMILES string of the molecule is CC(Sc1nc2sc3c(c2c(=O)n1C1CCCCC1)CCCC3)C(=O)O. The molecule has 1 unspecified atom stereocenters. The molecule has 1 atom stereocenters. The minimum Gasteiger partial charge on any atom is -0.480 e. The van der Waals surface area contributed by atoms with E-state index in [9.17, 15) is 14.7 Å². The molecule has 0 bridgehead atoms. The maximum Gasteiger partial charge on any atom is 0.316 e. The van der Waals surface area contributed by atoms with Gasteiger partial charge in [0.15, 0.2) is 5.16 Å². The predicted octanol–water partition coefficient (Wildman–Crippen LogP) is 4.41. The second kappa shape index (κ2) is 7.35. The third kappa shape index (κ3) is 3.20. The smallest absolute Gasteiger partial charge is 0.316 e. The molecule has 2 aliphatic rings. The predicted molar refractivity (Wildman–Crippen MR) is 106 cm³/mol. The van der Waals surface area contributed by atoms with Crippen LogP contribution in [0.3, 0.4) is 0 Å². The molecule has 140 valence electrons. The second-order valence-corrected chi connectivity index (χ2v) is 9.74. The van der Waals surface area contributed by atoms with Crippen molar-refractivity contribution in [3.8, 4) is 0 Å². The van der Waals surface area contributed by atoms with Crippen molar-refractivity contribution in [3.63, 3.8) is 0 Å². The van der Waals surface area contributed by atoms with E-state index in [2.05, 4.69) is 0 Å². The Balaban J connectivity index is 1.89. The zero-order valence-electron chi connectivity index (χ0n) is 15.0. The van der Waals surface area contributed by atoms with Crippen molar-refractivity contribution in [1.29, 1.82) is 0 Å². The van der Waals surface area contributed by atoms with E-state index in [-0.39, 0.29) is 11.6 Å². The van der Waals surface area contributed by atoms with E-state index in [1.54, 1.807) is 18.3 Å². The number of rotatable bonds is 4. The van der Waals surface area contributed by atoms with Gasteiger partial charge in [0.2, 0.25) is 0 Å². The third-order valence-electron chi connectivity index (χ3n) is 5.56. The number of hydrogen-bond acceptors (Lipinski definition) is 5. The van der Waals surface area contributed by atoms with Crippen LogP contribution in [0.1, 0.15) is 68.4 Å². The van der Waals surface area contributed by atoms with Gasteiger partial charge in [-0.15, -0.1) is 11.3 Å². The first kappa shape index (κ1) is 18.0. The molecule has 1 saturated carbocycles. The molecule has 0 amide bonds. The van der Waals surface area contributed by atoms with Crippen LogP contribution in [0.4, 0.5) is 0 Å². The Morgan fingerprint density at radius 3 is 2.69 bits per heavy atom. The Kier molecular flexibility index (Phi) is 5.10. The zero-order valence-corrected chi connectivity index (χ0v) is 16.6. The summed E-state index contributed by atoms with van der Waals surface area (Å²) in [5.74, 6) is -0.870. The average molecular weight is 393 g/mol. The fraction of sp³-hybridized carbons (Fsp3) is 0.632. The maximum atomic E-state index is 13.5. The molecule has 0 aromatic carbocycles. The minimum absolute atomic E-state index is 0.0568. The number of fused-ring (bicyclic) bond motifs is 3. The molecular formula is C19H24N2O3S2. The van der Waals surface area contributed by atoms with E-state index in [1.807, 2.05) is 4.57 Å². The fourth-order valence-electron chi connectivity index (χ4n) is 4.15. The van der Waals surface area contributed by atoms with E-state index in [1.165, 1.54) is 35.0 Å². The molecule has 1 N–H and O–H groups in total. The Morgan fingerprint density at radius 1 is 1.23 bits per heavy atom. The molecule has 0 spiro atoms. The van der Waals surface area contributed by atoms with Gasteiger partial charge in [-0.3, -0.25) is 14.2 Å². The van der Waals surface area contributed by atoms with Crippen molar-refractivity contribution in [3.05, 3.63) is 20.8 Å². The summed E-state index contributed by atoms with van der Waals surface area (Å²) in [5, 5.41) is 10.1. The van der Waals surface area contributed by atoms with Crippen LogP contribution in [-0.4, -0.2) is 25.9 Å². The van der Waals surface area contributed by atoms with Gasteiger partial charge in [0.05, 0.1) is 5.39 Å². The summed E-state index contributed by atoms with van der Waals surface area (Å²) in [5.41, 5.74) is 1.27. The highest BCUT2D eigenvalue weighted by molar-refractivity contribution is 8.00. The molecule has 1 fully saturated rings. The summed E-state index contributed by atoms with van der Waals surface area (Å²) in [6.45, 7) is 1.66. The van der Waals surface area contributed by atoms with Crippen LogP contribution in [0.5, 0.6) is 0 Å². The van der Waals surface area contributed by atoms with Gasteiger partial charge in [0.1, 0.15) is 10.1 Å². The van der Waals surface area contributed by atoms with Crippen molar-refractivity contribution < 1.29 is 9.90 Å². The van der Waals surface area contributed by atoms with Gasteiger partial charge in [-0.2, -0.15) is 0 Å². The van der Waals surface area contributed by atoms with Crippen LogP contribution in [0.15, 0.2) is 9.95 Å². The molecule has 5 nitrogen and oxygen atoms in total. The molecule has 2 heterocycles. The lowest BCUT2D eigenvalue weighted by molar-refractivity contribution is -0.136. The largest absolute Gasteiger partial charge is 0.480 e. The lowest BCUT2D eigenvalue weighted by Crippen LogP contribution is -2.30. The molecule has 7 heteroatoms. The van der Waals surface area contributed by atoms with Crippen molar-refractivity contribution in [2.24, 2.45) is 0 Å². The number of aryl methyl sites for hydroxylation is 2. The maximum absolute atomic E-state index is 13.5. The highest BCUT2D eigenvalue weighted by atomic mass is 32.2. The van der Waals surface area contributed by atoms with E-state index in [0.717, 1.165) is 55.2 Å². The highest BCUT2D eigenvalue weighted by Gasteiger charge is 2.27. The Morgan fingerprint density at radius 2 is 1.96 bits per heavy atom. The molecule has 0 aliphatic heterocycles. The quantitative estimate of drug-likeness (QED) is 0.616. The van der Waals surface area contributed by atoms with E-state index in [4.69, 9.17) is 4.98 Å². The Bertz CT molecular complexity index is 896. The standard InChI is InChI=1S/C19H24N2O3S2/c1-11(18(23)24)25-19-20-16-15(13-9-5-6-10-14(13)26-16)17(22)21(19)12-7-3-2-4-8-12/h11-12H,2-10H2,1H3,(H,23,24). The molecule has 0 radical (unpaired) electrons. The van der Waals surface area contributed by atoms with Crippen LogP contribution < -0.4 is 5.56 Å². The van der Waals surface area contributed by atoms with E-state index in [0.29, 0.717) is 5.16 Å². The van der Waals surface area contributed by atoms with Gasteiger partial charge in [0, 0.05) is 10.9 Å². The van der Waals surface area contributed by atoms with Crippen LogP contribution in [-0.2, 0) is 17.6 Å². The van der Waals surface area contributed by atoms with Crippen molar-refractivity contribution >= 4 is 39.3 Å². The number of carbonyl (C=O) groups is 1. The van der Waals surface area contributed by atoms with Gasteiger partial charge in [-0.25, -0.2) is 4.98 Å². The molecule has 26 heavy (non-hydrogen) atoms. The number of hydrogen-bond donors (Lipinski definition) is 1. The van der Waals surface area contributed by atoms with Crippen LogP contribution in [0.2, 0.25) is 0 Å². The molecule has 2 aromatic heterocycles. The van der Waals surface area contributed by atoms with Crippen LogP contribution in [0.25, 0.3) is 10.2 Å². The zero-order chi connectivity index (χ0) is 18.3. The Hall–Kier alpha value is -1.34. The number of thiophene rings is 1. The number of carboxylic acid groups (broad SMARTS) is 1. The number of aliphatic carboxylic acids is 1. The van der Waals surface area contributed by atoms with E-state index >= 15 is 0 Å².